The first-order valence-electron chi connectivity index (χ1n) is 7.30. The molecule has 0 saturated carbocycles. The molecule has 2 heterocycles. The van der Waals surface area contributed by atoms with Crippen molar-refractivity contribution in [3.8, 4) is 11.5 Å². The van der Waals surface area contributed by atoms with E-state index in [-0.39, 0.29) is 11.8 Å². The zero-order valence-electron chi connectivity index (χ0n) is 12.7. The molecule has 1 aromatic carbocycles. The molecule has 5 nitrogen and oxygen atoms in total. The number of ether oxygens (including phenoxy) is 2. The quantitative estimate of drug-likeness (QED) is 0.643. The highest BCUT2D eigenvalue weighted by molar-refractivity contribution is 6.06. The largest absolute Gasteiger partial charge is 0.486 e. The van der Waals surface area contributed by atoms with Gasteiger partial charge in [-0.05, 0) is 32.1 Å². The SMILES string of the molecule is CC(C)n1cc(C(=O)/C=C/c2cccc3c2OCCO3)cn1. The maximum Gasteiger partial charge on any atom is 0.189 e. The minimum atomic E-state index is -0.0822. The summed E-state index contributed by atoms with van der Waals surface area (Å²) in [5.74, 6) is 1.32. The number of nitrogens with zero attached hydrogens (tertiary/aromatic N) is 2. The Hall–Kier alpha value is -2.56. The van der Waals surface area contributed by atoms with Crippen LogP contribution in [0.25, 0.3) is 6.08 Å². The van der Waals surface area contributed by atoms with E-state index in [1.807, 2.05) is 32.0 Å². The van der Waals surface area contributed by atoms with Crippen LogP contribution in [-0.2, 0) is 0 Å². The minimum Gasteiger partial charge on any atom is -0.486 e. The van der Waals surface area contributed by atoms with E-state index in [1.54, 1.807) is 23.2 Å². The van der Waals surface area contributed by atoms with Gasteiger partial charge in [0.1, 0.15) is 13.2 Å². The molecule has 114 valence electrons. The fraction of sp³-hybridized carbons (Fsp3) is 0.294. The first-order chi connectivity index (χ1) is 10.6. The first-order valence-corrected chi connectivity index (χ1v) is 7.30. The molecule has 0 fully saturated rings. The smallest absolute Gasteiger partial charge is 0.189 e. The molecule has 1 aliphatic rings. The summed E-state index contributed by atoms with van der Waals surface area (Å²) in [6.45, 7) is 5.11. The van der Waals surface area contributed by atoms with E-state index in [1.165, 1.54) is 6.08 Å². The van der Waals surface area contributed by atoms with Crippen LogP contribution in [0.4, 0.5) is 0 Å². The molecule has 3 rings (SSSR count). The number of fused-ring (bicyclic) bond motifs is 1. The molecule has 1 aromatic heterocycles. The summed E-state index contributed by atoms with van der Waals surface area (Å²) >= 11 is 0. The number of hydrogen-bond donors (Lipinski definition) is 0. The third-order valence-corrected chi connectivity index (χ3v) is 3.43. The van der Waals surface area contributed by atoms with Crippen LogP contribution in [-0.4, -0.2) is 28.8 Å². The van der Waals surface area contributed by atoms with Gasteiger partial charge >= 0.3 is 0 Å². The van der Waals surface area contributed by atoms with Gasteiger partial charge in [0, 0.05) is 17.8 Å². The average molecular weight is 298 g/mol. The molecule has 0 atom stereocenters. The number of benzene rings is 1. The Morgan fingerprint density at radius 1 is 1.32 bits per heavy atom. The third-order valence-electron chi connectivity index (χ3n) is 3.43. The van der Waals surface area contributed by atoms with Gasteiger partial charge < -0.3 is 9.47 Å². The van der Waals surface area contributed by atoms with E-state index in [4.69, 9.17) is 9.47 Å². The van der Waals surface area contributed by atoms with E-state index in [0.29, 0.717) is 30.3 Å². The number of carbonyl (C=O) groups is 1. The van der Waals surface area contributed by atoms with Gasteiger partial charge in [0.2, 0.25) is 0 Å². The van der Waals surface area contributed by atoms with E-state index in [9.17, 15) is 4.79 Å². The maximum atomic E-state index is 12.2. The summed E-state index contributed by atoms with van der Waals surface area (Å²) in [5.41, 5.74) is 1.41. The standard InChI is InChI=1S/C17H18N2O3/c1-12(2)19-11-14(10-18-19)15(20)7-6-13-4-3-5-16-17(13)22-9-8-21-16/h3-7,10-12H,8-9H2,1-2H3/b7-6+. The average Bonchev–Trinajstić information content (AvgIpc) is 3.03. The molecule has 0 unspecified atom stereocenters. The van der Waals surface area contributed by atoms with Crippen LogP contribution in [0.5, 0.6) is 11.5 Å². The van der Waals surface area contributed by atoms with Gasteiger partial charge in [-0.15, -0.1) is 0 Å². The molecule has 1 aliphatic heterocycles. The van der Waals surface area contributed by atoms with Crippen molar-refractivity contribution in [2.45, 2.75) is 19.9 Å². The number of para-hydroxylation sites is 1. The van der Waals surface area contributed by atoms with Crippen LogP contribution in [0.15, 0.2) is 36.7 Å². The molecular weight excluding hydrogens is 280 g/mol. The number of aromatic nitrogens is 2. The number of carbonyl (C=O) groups excluding carboxylic acids is 1. The maximum absolute atomic E-state index is 12.2. The van der Waals surface area contributed by atoms with Crippen LogP contribution >= 0.6 is 0 Å². The second-order valence-electron chi connectivity index (χ2n) is 5.37. The van der Waals surface area contributed by atoms with Crippen molar-refractivity contribution in [2.75, 3.05) is 13.2 Å². The van der Waals surface area contributed by atoms with E-state index in [2.05, 4.69) is 5.10 Å². The highest BCUT2D eigenvalue weighted by Gasteiger charge is 2.14. The van der Waals surface area contributed by atoms with Crippen LogP contribution in [0, 0.1) is 0 Å². The van der Waals surface area contributed by atoms with Gasteiger partial charge in [-0.1, -0.05) is 12.1 Å². The lowest BCUT2D eigenvalue weighted by Crippen LogP contribution is -2.15. The Morgan fingerprint density at radius 2 is 2.14 bits per heavy atom. The Balaban J connectivity index is 1.80. The van der Waals surface area contributed by atoms with Crippen molar-refractivity contribution >= 4 is 11.9 Å². The summed E-state index contributed by atoms with van der Waals surface area (Å²) in [4.78, 5) is 12.2. The van der Waals surface area contributed by atoms with Crippen LogP contribution < -0.4 is 9.47 Å². The van der Waals surface area contributed by atoms with Gasteiger partial charge in [0.05, 0.1) is 11.8 Å². The summed E-state index contributed by atoms with van der Waals surface area (Å²) in [7, 11) is 0. The number of ketones is 1. The molecule has 5 heteroatoms. The highest BCUT2D eigenvalue weighted by Crippen LogP contribution is 2.34. The predicted molar refractivity (Wildman–Crippen MR) is 83.4 cm³/mol. The van der Waals surface area contributed by atoms with Gasteiger partial charge in [0.15, 0.2) is 17.3 Å². The van der Waals surface area contributed by atoms with Crippen LogP contribution in [0.1, 0.15) is 35.8 Å². The molecule has 0 spiro atoms. The minimum absolute atomic E-state index is 0.0822. The van der Waals surface area contributed by atoms with Crippen LogP contribution in [0.2, 0.25) is 0 Å². The van der Waals surface area contributed by atoms with Gasteiger partial charge in [-0.2, -0.15) is 5.10 Å². The van der Waals surface area contributed by atoms with Crippen molar-refractivity contribution in [2.24, 2.45) is 0 Å². The monoisotopic (exact) mass is 298 g/mol. The normalized spacial score (nSPS) is 13.8. The van der Waals surface area contributed by atoms with Crippen molar-refractivity contribution < 1.29 is 14.3 Å². The number of rotatable bonds is 4. The Kier molecular flexibility index (Phi) is 3.96. The Bertz CT molecular complexity index is 716. The van der Waals surface area contributed by atoms with Crippen molar-refractivity contribution in [1.82, 2.24) is 9.78 Å². The molecule has 0 radical (unpaired) electrons. The number of hydrogen-bond acceptors (Lipinski definition) is 4. The molecule has 0 saturated heterocycles. The highest BCUT2D eigenvalue weighted by atomic mass is 16.6. The number of allylic oxidation sites excluding steroid dienone is 1. The van der Waals surface area contributed by atoms with Gasteiger partial charge in [-0.25, -0.2) is 0 Å². The third kappa shape index (κ3) is 2.88. The lowest BCUT2D eigenvalue weighted by Gasteiger charge is -2.19. The zero-order chi connectivity index (χ0) is 15.5. The lowest BCUT2D eigenvalue weighted by atomic mass is 10.1. The summed E-state index contributed by atoms with van der Waals surface area (Å²) in [6.07, 6.45) is 6.64. The van der Waals surface area contributed by atoms with Gasteiger partial charge in [0.25, 0.3) is 0 Å². The second-order valence-corrected chi connectivity index (χ2v) is 5.37. The Labute approximate surface area is 129 Å². The van der Waals surface area contributed by atoms with Crippen molar-refractivity contribution in [3.05, 3.63) is 47.8 Å². The predicted octanol–water partition coefficient (Wildman–Crippen LogP) is 3.13. The summed E-state index contributed by atoms with van der Waals surface area (Å²) in [5, 5.41) is 4.18. The second kappa shape index (κ2) is 6.05. The lowest BCUT2D eigenvalue weighted by molar-refractivity contribution is 0.104. The van der Waals surface area contributed by atoms with Crippen LogP contribution in [0.3, 0.4) is 0 Å². The summed E-state index contributed by atoms with van der Waals surface area (Å²) in [6, 6.07) is 5.88. The topological polar surface area (TPSA) is 53.4 Å². The van der Waals surface area contributed by atoms with Crippen molar-refractivity contribution in [3.63, 3.8) is 0 Å². The summed E-state index contributed by atoms with van der Waals surface area (Å²) < 4.78 is 12.9. The molecule has 22 heavy (non-hydrogen) atoms. The van der Waals surface area contributed by atoms with E-state index >= 15 is 0 Å². The molecule has 0 N–H and O–H groups in total. The molecule has 2 aromatic rings. The first kappa shape index (κ1) is 14.4. The molecule has 0 aliphatic carbocycles. The Morgan fingerprint density at radius 3 is 2.91 bits per heavy atom. The molecule has 0 bridgehead atoms. The molecular formula is C17H18N2O3. The fourth-order valence-electron chi connectivity index (χ4n) is 2.24. The van der Waals surface area contributed by atoms with E-state index in [0.717, 1.165) is 5.56 Å². The van der Waals surface area contributed by atoms with Crippen molar-refractivity contribution in [1.29, 1.82) is 0 Å². The molecule has 0 amide bonds. The fourth-order valence-corrected chi connectivity index (χ4v) is 2.24. The zero-order valence-corrected chi connectivity index (χ0v) is 12.7. The van der Waals surface area contributed by atoms with Gasteiger partial charge in [-0.3, -0.25) is 9.48 Å². The van der Waals surface area contributed by atoms with E-state index < -0.39 is 0 Å².